The number of aryl methyl sites for hydroxylation is 2. The summed E-state index contributed by atoms with van der Waals surface area (Å²) in [6, 6.07) is 25.7. The van der Waals surface area contributed by atoms with Gasteiger partial charge in [-0.25, -0.2) is 0 Å². The van der Waals surface area contributed by atoms with Crippen LogP contribution >= 0.6 is 22.7 Å². The van der Waals surface area contributed by atoms with E-state index < -0.39 is 0 Å². The first kappa shape index (κ1) is 19.4. The van der Waals surface area contributed by atoms with E-state index >= 15 is 0 Å². The lowest BCUT2D eigenvalue weighted by molar-refractivity contribution is 1.47. The number of hydrogen-bond acceptors (Lipinski definition) is 4. The van der Waals surface area contributed by atoms with Gasteiger partial charge < -0.3 is 11.5 Å². The van der Waals surface area contributed by atoms with Crippen LogP contribution < -0.4 is 11.5 Å². The van der Waals surface area contributed by atoms with E-state index in [9.17, 15) is 0 Å². The van der Waals surface area contributed by atoms with Crippen molar-refractivity contribution in [2.24, 2.45) is 0 Å². The molecule has 0 aliphatic rings. The molecule has 0 spiro atoms. The fraction of sp³-hybridized carbons (Fsp3) is 0.0714. The van der Waals surface area contributed by atoms with E-state index in [1.165, 1.54) is 51.8 Å². The number of nitrogen functional groups attached to an aromatic ring is 2. The lowest BCUT2D eigenvalue weighted by atomic mass is 10.0. The van der Waals surface area contributed by atoms with E-state index in [2.05, 4.69) is 74.5 Å². The summed E-state index contributed by atoms with van der Waals surface area (Å²) in [6.45, 7) is 4.22. The first-order valence-electron chi connectivity index (χ1n) is 10.6. The van der Waals surface area contributed by atoms with Crippen molar-refractivity contribution in [3.63, 3.8) is 0 Å². The van der Waals surface area contributed by atoms with Crippen LogP contribution in [-0.2, 0) is 0 Å². The van der Waals surface area contributed by atoms with Gasteiger partial charge in [0.1, 0.15) is 0 Å². The van der Waals surface area contributed by atoms with E-state index in [-0.39, 0.29) is 0 Å². The van der Waals surface area contributed by atoms with Gasteiger partial charge >= 0.3 is 0 Å². The van der Waals surface area contributed by atoms with Crippen molar-refractivity contribution in [3.05, 3.63) is 83.9 Å². The minimum absolute atomic E-state index is 0.823. The Balaban J connectivity index is 1.66. The number of fused-ring (bicyclic) bond motifs is 5. The molecule has 0 radical (unpaired) electrons. The van der Waals surface area contributed by atoms with Gasteiger partial charge in [0.25, 0.3) is 0 Å². The molecule has 0 aliphatic carbocycles. The van der Waals surface area contributed by atoms with Gasteiger partial charge in [0.15, 0.2) is 0 Å². The molecule has 6 aromatic rings. The summed E-state index contributed by atoms with van der Waals surface area (Å²) in [5.41, 5.74) is 21.7. The SMILES string of the molecule is Cc1ccc(-c2c(N)ccc3c2sc2c4ccc(N)c(-c5ccc(C)cc5)c4sc32)cc1. The van der Waals surface area contributed by atoms with Gasteiger partial charge in [0.2, 0.25) is 0 Å². The summed E-state index contributed by atoms with van der Waals surface area (Å²) in [7, 11) is 0. The first-order chi connectivity index (χ1) is 15.5. The molecule has 0 unspecified atom stereocenters. The lowest BCUT2D eigenvalue weighted by Crippen LogP contribution is -1.90. The zero-order valence-electron chi connectivity index (χ0n) is 17.9. The molecule has 6 rings (SSSR count). The number of benzene rings is 4. The molecular formula is C28H22N2S2. The maximum atomic E-state index is 6.49. The van der Waals surface area contributed by atoms with Crippen LogP contribution in [0.4, 0.5) is 11.4 Å². The Hall–Kier alpha value is -3.34. The summed E-state index contributed by atoms with van der Waals surface area (Å²) in [6.07, 6.45) is 0. The Morgan fingerprint density at radius 3 is 1.22 bits per heavy atom. The van der Waals surface area contributed by atoms with E-state index in [1.807, 2.05) is 34.8 Å². The van der Waals surface area contributed by atoms with Crippen LogP contribution in [0, 0.1) is 13.8 Å². The topological polar surface area (TPSA) is 52.0 Å². The quantitative estimate of drug-likeness (QED) is 0.260. The summed E-state index contributed by atoms with van der Waals surface area (Å²) in [4.78, 5) is 0. The highest BCUT2D eigenvalue weighted by atomic mass is 32.1. The zero-order valence-corrected chi connectivity index (χ0v) is 19.5. The molecule has 4 N–H and O–H groups in total. The lowest BCUT2D eigenvalue weighted by Gasteiger charge is -2.09. The standard InChI is InChI=1S/C28H22N2S2/c1-15-3-7-17(8-4-15)23-21(29)13-11-19-25(23)31-28-20-12-14-22(30)24(26(20)32-27(19)28)18-9-5-16(2)6-10-18/h3-14H,29-30H2,1-2H3. The van der Waals surface area contributed by atoms with Crippen LogP contribution in [0.25, 0.3) is 51.8 Å². The zero-order chi connectivity index (χ0) is 22.0. The molecule has 2 heterocycles. The van der Waals surface area contributed by atoms with Gasteiger partial charge in [-0.3, -0.25) is 0 Å². The second kappa shape index (κ2) is 7.09. The van der Waals surface area contributed by atoms with Gasteiger partial charge in [0, 0.05) is 42.7 Å². The molecule has 4 heteroatoms. The van der Waals surface area contributed by atoms with Crippen molar-refractivity contribution < 1.29 is 0 Å². The predicted molar refractivity (Wildman–Crippen MR) is 144 cm³/mol. The molecule has 2 aromatic heterocycles. The molecule has 0 amide bonds. The Bertz CT molecular complexity index is 1510. The van der Waals surface area contributed by atoms with Crippen LogP contribution in [-0.4, -0.2) is 0 Å². The van der Waals surface area contributed by atoms with E-state index in [0.29, 0.717) is 0 Å². The van der Waals surface area contributed by atoms with Crippen molar-refractivity contribution in [2.45, 2.75) is 13.8 Å². The maximum absolute atomic E-state index is 6.49. The minimum atomic E-state index is 0.823. The highest BCUT2D eigenvalue weighted by Crippen LogP contribution is 2.51. The smallest absolute Gasteiger partial charge is 0.0542 e. The van der Waals surface area contributed by atoms with Crippen LogP contribution in [0.1, 0.15) is 11.1 Å². The monoisotopic (exact) mass is 450 g/mol. The van der Waals surface area contributed by atoms with Crippen molar-refractivity contribution in [1.82, 2.24) is 0 Å². The Morgan fingerprint density at radius 2 is 0.844 bits per heavy atom. The van der Waals surface area contributed by atoms with Gasteiger partial charge in [-0.15, -0.1) is 22.7 Å². The summed E-state index contributed by atoms with van der Waals surface area (Å²) >= 11 is 3.68. The largest absolute Gasteiger partial charge is 0.398 e. The van der Waals surface area contributed by atoms with Gasteiger partial charge in [0.05, 0.1) is 9.40 Å². The average Bonchev–Trinajstić information content (AvgIpc) is 3.31. The fourth-order valence-electron chi connectivity index (χ4n) is 4.45. The number of nitrogens with two attached hydrogens (primary N) is 2. The van der Waals surface area contributed by atoms with Crippen LogP contribution in [0.5, 0.6) is 0 Å². The number of hydrogen-bond donors (Lipinski definition) is 2. The molecule has 0 saturated carbocycles. The second-order valence-electron chi connectivity index (χ2n) is 8.41. The molecular weight excluding hydrogens is 428 g/mol. The normalized spacial score (nSPS) is 11.7. The summed E-state index contributed by atoms with van der Waals surface area (Å²) < 4.78 is 5.14. The molecule has 0 fully saturated rings. The van der Waals surface area contributed by atoms with Gasteiger partial charge in [-0.2, -0.15) is 0 Å². The summed E-state index contributed by atoms with van der Waals surface area (Å²) in [5, 5.41) is 2.54. The maximum Gasteiger partial charge on any atom is 0.0542 e. The second-order valence-corrected chi connectivity index (χ2v) is 10.4. The molecule has 4 aromatic carbocycles. The van der Waals surface area contributed by atoms with Gasteiger partial charge in [-0.1, -0.05) is 59.7 Å². The van der Waals surface area contributed by atoms with Crippen molar-refractivity contribution in [1.29, 1.82) is 0 Å². The molecule has 0 bridgehead atoms. The molecule has 0 aliphatic heterocycles. The highest BCUT2D eigenvalue weighted by Gasteiger charge is 2.19. The van der Waals surface area contributed by atoms with Crippen molar-refractivity contribution in [3.8, 4) is 22.3 Å². The number of anilines is 2. The highest BCUT2D eigenvalue weighted by molar-refractivity contribution is 7.37. The number of thiophene rings is 2. The van der Waals surface area contributed by atoms with Crippen LogP contribution in [0.15, 0.2) is 72.8 Å². The van der Waals surface area contributed by atoms with E-state index in [4.69, 9.17) is 11.5 Å². The third kappa shape index (κ3) is 2.84. The third-order valence-electron chi connectivity index (χ3n) is 6.16. The van der Waals surface area contributed by atoms with Crippen molar-refractivity contribution >= 4 is 63.6 Å². The van der Waals surface area contributed by atoms with E-state index in [0.717, 1.165) is 22.5 Å². The van der Waals surface area contributed by atoms with E-state index in [1.54, 1.807) is 0 Å². The van der Waals surface area contributed by atoms with Crippen LogP contribution in [0.2, 0.25) is 0 Å². The molecule has 156 valence electrons. The number of rotatable bonds is 2. The van der Waals surface area contributed by atoms with Crippen molar-refractivity contribution in [2.75, 3.05) is 11.5 Å². The third-order valence-corrected chi connectivity index (χ3v) is 8.81. The van der Waals surface area contributed by atoms with Gasteiger partial charge in [-0.05, 0) is 49.2 Å². The predicted octanol–water partition coefficient (Wildman–Crippen LogP) is 8.38. The molecule has 0 atom stereocenters. The Morgan fingerprint density at radius 1 is 0.469 bits per heavy atom. The Kier molecular flexibility index (Phi) is 4.29. The van der Waals surface area contributed by atoms with Crippen LogP contribution in [0.3, 0.4) is 0 Å². The fourth-order valence-corrected chi connectivity index (χ4v) is 7.44. The molecule has 32 heavy (non-hydrogen) atoms. The average molecular weight is 451 g/mol. The Labute approximate surface area is 194 Å². The molecule has 0 saturated heterocycles. The summed E-state index contributed by atoms with van der Waals surface area (Å²) in [5.74, 6) is 0. The first-order valence-corrected chi connectivity index (χ1v) is 12.2. The molecule has 2 nitrogen and oxygen atoms in total. The minimum Gasteiger partial charge on any atom is -0.398 e.